The van der Waals surface area contributed by atoms with Crippen molar-refractivity contribution in [2.75, 3.05) is 31.2 Å². The molecule has 0 unspecified atom stereocenters. The summed E-state index contributed by atoms with van der Waals surface area (Å²) in [6.07, 6.45) is 3.06. The number of nitrogen functional groups attached to an aromatic ring is 1. The molecule has 29 heavy (non-hydrogen) atoms. The molecule has 8 heteroatoms. The molecule has 1 aromatic heterocycles. The highest BCUT2D eigenvalue weighted by Gasteiger charge is 2.25. The molecule has 1 fully saturated rings. The van der Waals surface area contributed by atoms with Crippen LogP contribution in [-0.2, 0) is 4.79 Å². The number of aromatic nitrogens is 2. The SMILES string of the molecule is COc1ccccc1C(=O)c1cnc(NC2CCN(C(=O)C(C)C)CC2)nc1N. The summed E-state index contributed by atoms with van der Waals surface area (Å²) in [6.45, 7) is 5.23. The molecule has 1 amide bonds. The summed E-state index contributed by atoms with van der Waals surface area (Å²) in [5, 5.41) is 3.26. The average molecular weight is 397 g/mol. The van der Waals surface area contributed by atoms with Crippen LogP contribution < -0.4 is 15.8 Å². The third-order valence-corrected chi connectivity index (χ3v) is 5.05. The zero-order valence-corrected chi connectivity index (χ0v) is 17.0. The van der Waals surface area contributed by atoms with Crippen LogP contribution in [0.25, 0.3) is 0 Å². The Kier molecular flexibility index (Phi) is 6.31. The second kappa shape index (κ2) is 8.89. The van der Waals surface area contributed by atoms with Gasteiger partial charge in [0.2, 0.25) is 17.6 Å². The fourth-order valence-corrected chi connectivity index (χ4v) is 3.41. The molecule has 0 spiro atoms. The van der Waals surface area contributed by atoms with Gasteiger partial charge in [-0.2, -0.15) is 4.98 Å². The minimum atomic E-state index is -0.285. The Bertz CT molecular complexity index is 892. The van der Waals surface area contributed by atoms with E-state index in [1.54, 1.807) is 24.3 Å². The van der Waals surface area contributed by atoms with E-state index < -0.39 is 0 Å². The molecule has 3 N–H and O–H groups in total. The van der Waals surface area contributed by atoms with Crippen molar-refractivity contribution < 1.29 is 14.3 Å². The molecular formula is C21H27N5O3. The van der Waals surface area contributed by atoms with Gasteiger partial charge in [-0.15, -0.1) is 0 Å². The normalized spacial score (nSPS) is 14.7. The first-order chi connectivity index (χ1) is 13.9. The Morgan fingerprint density at radius 1 is 1.21 bits per heavy atom. The van der Waals surface area contributed by atoms with Gasteiger partial charge in [0.25, 0.3) is 0 Å². The maximum absolute atomic E-state index is 12.8. The molecule has 0 atom stereocenters. The van der Waals surface area contributed by atoms with Gasteiger partial charge in [0.1, 0.15) is 11.6 Å². The van der Waals surface area contributed by atoms with Crippen molar-refractivity contribution in [3.05, 3.63) is 41.6 Å². The van der Waals surface area contributed by atoms with Crippen molar-refractivity contribution in [2.45, 2.75) is 32.7 Å². The second-order valence-electron chi connectivity index (χ2n) is 7.42. The summed E-state index contributed by atoms with van der Waals surface area (Å²) in [5.41, 5.74) is 6.69. The maximum Gasteiger partial charge on any atom is 0.225 e. The largest absolute Gasteiger partial charge is 0.496 e. The van der Waals surface area contributed by atoms with E-state index in [0.717, 1.165) is 12.8 Å². The van der Waals surface area contributed by atoms with Gasteiger partial charge < -0.3 is 20.7 Å². The summed E-state index contributed by atoms with van der Waals surface area (Å²) in [6, 6.07) is 7.11. The molecule has 2 aromatic rings. The van der Waals surface area contributed by atoms with Gasteiger partial charge in [0.05, 0.1) is 18.2 Å². The Labute approximate surface area is 170 Å². The van der Waals surface area contributed by atoms with Crippen molar-refractivity contribution in [2.24, 2.45) is 5.92 Å². The monoisotopic (exact) mass is 397 g/mol. The van der Waals surface area contributed by atoms with Gasteiger partial charge in [0, 0.05) is 31.2 Å². The van der Waals surface area contributed by atoms with Crippen LogP contribution in [-0.4, -0.2) is 52.8 Å². The van der Waals surface area contributed by atoms with E-state index in [-0.39, 0.29) is 35.0 Å². The van der Waals surface area contributed by atoms with Gasteiger partial charge >= 0.3 is 0 Å². The van der Waals surface area contributed by atoms with E-state index in [1.807, 2.05) is 18.7 Å². The first kappa shape index (κ1) is 20.6. The average Bonchev–Trinajstić information content (AvgIpc) is 2.73. The van der Waals surface area contributed by atoms with Crippen LogP contribution in [0.1, 0.15) is 42.6 Å². The summed E-state index contributed by atoms with van der Waals surface area (Å²) in [4.78, 5) is 35.3. The lowest BCUT2D eigenvalue weighted by Crippen LogP contribution is -2.44. The van der Waals surface area contributed by atoms with Gasteiger partial charge in [-0.1, -0.05) is 26.0 Å². The van der Waals surface area contributed by atoms with Crippen LogP contribution in [0.15, 0.2) is 30.5 Å². The van der Waals surface area contributed by atoms with Crippen molar-refractivity contribution in [1.82, 2.24) is 14.9 Å². The maximum atomic E-state index is 12.8. The van der Waals surface area contributed by atoms with Crippen LogP contribution in [0.5, 0.6) is 5.75 Å². The number of para-hydroxylation sites is 1. The van der Waals surface area contributed by atoms with Crippen molar-refractivity contribution >= 4 is 23.5 Å². The lowest BCUT2D eigenvalue weighted by molar-refractivity contribution is -0.135. The number of carbonyl (C=O) groups excluding carboxylic acids is 2. The van der Waals surface area contributed by atoms with Gasteiger partial charge in [-0.3, -0.25) is 9.59 Å². The van der Waals surface area contributed by atoms with Crippen LogP contribution in [0.3, 0.4) is 0 Å². The van der Waals surface area contributed by atoms with Gasteiger partial charge in [0.15, 0.2) is 0 Å². The van der Waals surface area contributed by atoms with E-state index in [0.29, 0.717) is 30.4 Å². The topological polar surface area (TPSA) is 110 Å². The highest BCUT2D eigenvalue weighted by atomic mass is 16.5. The number of nitrogens with zero attached hydrogens (tertiary/aromatic N) is 3. The van der Waals surface area contributed by atoms with Crippen LogP contribution in [0.4, 0.5) is 11.8 Å². The Balaban J connectivity index is 1.66. The zero-order chi connectivity index (χ0) is 21.0. The molecule has 154 valence electrons. The number of ketones is 1. The smallest absolute Gasteiger partial charge is 0.225 e. The van der Waals surface area contributed by atoms with Crippen LogP contribution in [0.2, 0.25) is 0 Å². The third-order valence-electron chi connectivity index (χ3n) is 5.05. The number of hydrogen-bond acceptors (Lipinski definition) is 7. The summed E-state index contributed by atoms with van der Waals surface area (Å²) in [7, 11) is 1.51. The molecule has 0 saturated carbocycles. The fraction of sp³-hybridized carbons (Fsp3) is 0.429. The molecule has 0 radical (unpaired) electrons. The number of amides is 1. The van der Waals surface area contributed by atoms with E-state index in [9.17, 15) is 9.59 Å². The minimum Gasteiger partial charge on any atom is -0.496 e. The molecule has 0 aliphatic carbocycles. The van der Waals surface area contributed by atoms with Crippen molar-refractivity contribution in [1.29, 1.82) is 0 Å². The number of hydrogen-bond donors (Lipinski definition) is 2. The fourth-order valence-electron chi connectivity index (χ4n) is 3.41. The van der Waals surface area contributed by atoms with E-state index in [4.69, 9.17) is 10.5 Å². The highest BCUT2D eigenvalue weighted by molar-refractivity contribution is 6.13. The van der Waals surface area contributed by atoms with Gasteiger partial charge in [-0.05, 0) is 25.0 Å². The van der Waals surface area contributed by atoms with Crippen LogP contribution in [0, 0.1) is 5.92 Å². The molecule has 1 aliphatic heterocycles. The first-order valence-electron chi connectivity index (χ1n) is 9.76. The van der Waals surface area contributed by atoms with E-state index >= 15 is 0 Å². The zero-order valence-electron chi connectivity index (χ0n) is 17.0. The quantitative estimate of drug-likeness (QED) is 0.720. The van der Waals surface area contributed by atoms with Crippen molar-refractivity contribution in [3.8, 4) is 5.75 Å². The first-order valence-corrected chi connectivity index (χ1v) is 9.76. The number of ether oxygens (including phenoxy) is 1. The number of carbonyl (C=O) groups is 2. The highest BCUT2D eigenvalue weighted by Crippen LogP contribution is 2.24. The number of nitrogens with two attached hydrogens (primary N) is 1. The molecule has 0 bridgehead atoms. The van der Waals surface area contributed by atoms with E-state index in [1.165, 1.54) is 13.3 Å². The molecule has 1 saturated heterocycles. The number of rotatable bonds is 6. The number of likely N-dealkylation sites (tertiary alicyclic amines) is 1. The summed E-state index contributed by atoms with van der Waals surface area (Å²) in [5.74, 6) is 0.881. The predicted molar refractivity (Wildman–Crippen MR) is 111 cm³/mol. The number of methoxy groups -OCH3 is 1. The molecule has 1 aromatic carbocycles. The van der Waals surface area contributed by atoms with Crippen LogP contribution >= 0.6 is 0 Å². The number of piperidine rings is 1. The molecule has 1 aliphatic rings. The molecule has 3 rings (SSSR count). The lowest BCUT2D eigenvalue weighted by Gasteiger charge is -2.33. The summed E-state index contributed by atoms with van der Waals surface area (Å²) < 4.78 is 5.25. The number of benzene rings is 1. The molecular weight excluding hydrogens is 370 g/mol. The Hall–Kier alpha value is -3.16. The van der Waals surface area contributed by atoms with E-state index in [2.05, 4.69) is 15.3 Å². The lowest BCUT2D eigenvalue weighted by atomic mass is 10.0. The third kappa shape index (κ3) is 4.64. The predicted octanol–water partition coefficient (Wildman–Crippen LogP) is 2.36. The minimum absolute atomic E-state index is 0.0101. The second-order valence-corrected chi connectivity index (χ2v) is 7.42. The Morgan fingerprint density at radius 2 is 1.90 bits per heavy atom. The molecule has 8 nitrogen and oxygen atoms in total. The number of nitrogens with one attached hydrogen (secondary N) is 1. The number of anilines is 2. The summed E-state index contributed by atoms with van der Waals surface area (Å²) >= 11 is 0. The van der Waals surface area contributed by atoms with Crippen molar-refractivity contribution in [3.63, 3.8) is 0 Å². The Morgan fingerprint density at radius 3 is 2.52 bits per heavy atom. The van der Waals surface area contributed by atoms with Gasteiger partial charge in [-0.25, -0.2) is 4.98 Å². The standard InChI is InChI=1S/C21H27N5O3/c1-13(2)20(28)26-10-8-14(9-11-26)24-21-23-12-16(19(22)25-21)18(27)15-6-4-5-7-17(15)29-3/h4-7,12-14H,8-11H2,1-3H3,(H3,22,23,24,25). The molecule has 2 heterocycles.